The molecule has 1 heterocycles. The lowest BCUT2D eigenvalue weighted by Gasteiger charge is -2.31. The van der Waals surface area contributed by atoms with Crippen LogP contribution in [0, 0.1) is 6.92 Å². The largest absolute Gasteiger partial charge is 0.267 e. The van der Waals surface area contributed by atoms with E-state index in [1.54, 1.807) is 18.2 Å². The Balaban J connectivity index is 2.16. The zero-order chi connectivity index (χ0) is 15.9. The Hall–Kier alpha value is -1.23. The van der Waals surface area contributed by atoms with Gasteiger partial charge < -0.3 is 0 Å². The Morgan fingerprint density at radius 1 is 1.09 bits per heavy atom. The molecule has 0 aliphatic carbocycles. The molecule has 1 aliphatic rings. The van der Waals surface area contributed by atoms with Gasteiger partial charge in [0, 0.05) is 6.54 Å². The highest BCUT2D eigenvalue weighted by molar-refractivity contribution is 7.93. The van der Waals surface area contributed by atoms with Crippen molar-refractivity contribution in [3.8, 4) is 0 Å². The Morgan fingerprint density at radius 2 is 1.77 bits per heavy atom. The summed E-state index contributed by atoms with van der Waals surface area (Å²) in [5.74, 6) is 0. The molecule has 0 amide bonds. The number of hydrogen-bond donors (Lipinski definition) is 0. The Morgan fingerprint density at radius 3 is 2.45 bits per heavy atom. The molecule has 22 heavy (non-hydrogen) atoms. The summed E-state index contributed by atoms with van der Waals surface area (Å²) in [6.07, 6.45) is 1.65. The van der Waals surface area contributed by atoms with E-state index in [0.717, 1.165) is 24.0 Å². The van der Waals surface area contributed by atoms with Gasteiger partial charge >= 0.3 is 0 Å². The minimum absolute atomic E-state index is 0.0215. The number of sulfonamides is 1. The average molecular weight is 356 g/mol. The van der Waals surface area contributed by atoms with E-state index in [4.69, 9.17) is 23.2 Å². The normalized spacial score (nSPS) is 14.8. The van der Waals surface area contributed by atoms with Crippen molar-refractivity contribution in [3.05, 3.63) is 57.6 Å². The molecule has 0 bridgehead atoms. The fourth-order valence-corrected chi connectivity index (χ4v) is 5.42. The summed E-state index contributed by atoms with van der Waals surface area (Å²) in [5, 5.41) is 0.290. The number of fused-ring (bicyclic) bond motifs is 1. The summed E-state index contributed by atoms with van der Waals surface area (Å²) < 4.78 is 27.5. The molecular formula is C16H15Cl2NO2S. The minimum Gasteiger partial charge on any atom is -0.266 e. The highest BCUT2D eigenvalue weighted by atomic mass is 35.5. The van der Waals surface area contributed by atoms with Crippen molar-refractivity contribution in [2.75, 3.05) is 10.8 Å². The summed E-state index contributed by atoms with van der Waals surface area (Å²) in [5.41, 5.74) is 2.87. The molecule has 2 aromatic rings. The number of rotatable bonds is 2. The second-order valence-corrected chi connectivity index (χ2v) is 7.98. The highest BCUT2D eigenvalue weighted by Crippen LogP contribution is 2.37. The molecule has 0 aromatic heterocycles. The van der Waals surface area contributed by atoms with E-state index < -0.39 is 10.0 Å². The minimum atomic E-state index is -3.78. The second kappa shape index (κ2) is 5.76. The van der Waals surface area contributed by atoms with Crippen LogP contribution >= 0.6 is 23.2 Å². The molecule has 2 aromatic carbocycles. The topological polar surface area (TPSA) is 37.4 Å². The maximum absolute atomic E-state index is 13.0. The van der Waals surface area contributed by atoms with Crippen LogP contribution in [0.3, 0.4) is 0 Å². The molecule has 0 N–H and O–H groups in total. The Kier molecular flexibility index (Phi) is 4.10. The fraction of sp³-hybridized carbons (Fsp3) is 0.250. The standard InChI is InChI=1S/C16H15Cl2NO2S/c1-11-7-8-15-12(10-11)4-3-9-19(15)22(20,21)16-13(17)5-2-6-14(16)18/h2,5-8,10H,3-4,9H2,1H3. The number of halogens is 2. The van der Waals surface area contributed by atoms with Gasteiger partial charge in [0.1, 0.15) is 4.90 Å². The Labute approximate surface area is 140 Å². The van der Waals surface area contributed by atoms with Gasteiger partial charge in [-0.25, -0.2) is 8.42 Å². The lowest BCUT2D eigenvalue weighted by molar-refractivity contribution is 0.586. The quantitative estimate of drug-likeness (QED) is 0.798. The van der Waals surface area contributed by atoms with Gasteiger partial charge in [0.2, 0.25) is 0 Å². The zero-order valence-electron chi connectivity index (χ0n) is 12.0. The van der Waals surface area contributed by atoms with Crippen molar-refractivity contribution in [2.45, 2.75) is 24.7 Å². The van der Waals surface area contributed by atoms with E-state index in [1.807, 2.05) is 25.1 Å². The monoisotopic (exact) mass is 355 g/mol. The smallest absolute Gasteiger partial charge is 0.266 e. The number of anilines is 1. The summed E-state index contributed by atoms with van der Waals surface area (Å²) in [7, 11) is -3.78. The van der Waals surface area contributed by atoms with Crippen LogP contribution < -0.4 is 4.31 Å². The van der Waals surface area contributed by atoms with Crippen LogP contribution in [0.5, 0.6) is 0 Å². The molecule has 0 saturated carbocycles. The van der Waals surface area contributed by atoms with Crippen LogP contribution in [0.2, 0.25) is 10.0 Å². The maximum atomic E-state index is 13.0. The molecule has 116 valence electrons. The number of hydrogen-bond acceptors (Lipinski definition) is 2. The number of aryl methyl sites for hydroxylation is 2. The van der Waals surface area contributed by atoms with Gasteiger partial charge in [0.05, 0.1) is 15.7 Å². The van der Waals surface area contributed by atoms with Crippen LogP contribution in [-0.4, -0.2) is 15.0 Å². The van der Waals surface area contributed by atoms with Gasteiger partial charge in [0.15, 0.2) is 0 Å². The zero-order valence-corrected chi connectivity index (χ0v) is 14.3. The van der Waals surface area contributed by atoms with Crippen molar-refractivity contribution in [1.82, 2.24) is 0 Å². The van der Waals surface area contributed by atoms with Gasteiger partial charge in [0.25, 0.3) is 10.0 Å². The van der Waals surface area contributed by atoms with E-state index in [9.17, 15) is 8.42 Å². The third-order valence-corrected chi connectivity index (χ3v) is 6.55. The Bertz CT molecular complexity index is 814. The van der Waals surface area contributed by atoms with Gasteiger partial charge in [-0.2, -0.15) is 0 Å². The van der Waals surface area contributed by atoms with Crippen LogP contribution in [0.25, 0.3) is 0 Å². The van der Waals surface area contributed by atoms with E-state index in [-0.39, 0.29) is 14.9 Å². The average Bonchev–Trinajstić information content (AvgIpc) is 2.45. The van der Waals surface area contributed by atoms with Crippen LogP contribution in [0.15, 0.2) is 41.3 Å². The number of nitrogens with zero attached hydrogens (tertiary/aromatic N) is 1. The van der Waals surface area contributed by atoms with Gasteiger partial charge in [-0.1, -0.05) is 47.0 Å². The number of benzene rings is 2. The van der Waals surface area contributed by atoms with Crippen LogP contribution in [0.1, 0.15) is 17.5 Å². The first-order valence-electron chi connectivity index (χ1n) is 6.97. The van der Waals surface area contributed by atoms with Crippen LogP contribution in [-0.2, 0) is 16.4 Å². The molecule has 0 fully saturated rings. The highest BCUT2D eigenvalue weighted by Gasteiger charge is 2.32. The van der Waals surface area contributed by atoms with Gasteiger partial charge in [-0.15, -0.1) is 0 Å². The molecule has 0 radical (unpaired) electrons. The molecule has 6 heteroatoms. The van der Waals surface area contributed by atoms with Gasteiger partial charge in [-0.05, 0) is 43.5 Å². The molecule has 0 saturated heterocycles. The molecule has 0 unspecified atom stereocenters. The molecule has 0 atom stereocenters. The van der Waals surface area contributed by atoms with Crippen molar-refractivity contribution >= 4 is 38.9 Å². The van der Waals surface area contributed by atoms with Gasteiger partial charge in [-0.3, -0.25) is 4.31 Å². The third-order valence-electron chi connectivity index (χ3n) is 3.78. The first kappa shape index (κ1) is 15.7. The SMILES string of the molecule is Cc1ccc2c(c1)CCCN2S(=O)(=O)c1c(Cl)cccc1Cl. The summed E-state index contributed by atoms with van der Waals surface area (Å²) in [6, 6.07) is 10.5. The van der Waals surface area contributed by atoms with Crippen molar-refractivity contribution in [3.63, 3.8) is 0 Å². The van der Waals surface area contributed by atoms with E-state index in [1.165, 1.54) is 4.31 Å². The molecule has 3 rings (SSSR count). The van der Waals surface area contributed by atoms with Crippen molar-refractivity contribution < 1.29 is 8.42 Å². The predicted octanol–water partition coefficient (Wildman–Crippen LogP) is 4.44. The van der Waals surface area contributed by atoms with Crippen LogP contribution in [0.4, 0.5) is 5.69 Å². The summed E-state index contributed by atoms with van der Waals surface area (Å²) in [6.45, 7) is 2.43. The van der Waals surface area contributed by atoms with E-state index in [0.29, 0.717) is 12.2 Å². The first-order chi connectivity index (χ1) is 10.4. The van der Waals surface area contributed by atoms with E-state index in [2.05, 4.69) is 0 Å². The summed E-state index contributed by atoms with van der Waals surface area (Å²) >= 11 is 12.2. The first-order valence-corrected chi connectivity index (χ1v) is 9.17. The van der Waals surface area contributed by atoms with E-state index >= 15 is 0 Å². The molecular weight excluding hydrogens is 341 g/mol. The molecule has 0 spiro atoms. The molecule has 1 aliphatic heterocycles. The lowest BCUT2D eigenvalue weighted by Crippen LogP contribution is -2.35. The summed E-state index contributed by atoms with van der Waals surface area (Å²) in [4.78, 5) is -0.0215. The third kappa shape index (κ3) is 2.60. The van der Waals surface area contributed by atoms with Crippen molar-refractivity contribution in [1.29, 1.82) is 0 Å². The van der Waals surface area contributed by atoms with Crippen molar-refractivity contribution in [2.24, 2.45) is 0 Å². The lowest BCUT2D eigenvalue weighted by atomic mass is 10.0. The maximum Gasteiger partial charge on any atom is 0.267 e. The fourth-order valence-electron chi connectivity index (χ4n) is 2.78. The predicted molar refractivity (Wildman–Crippen MR) is 90.5 cm³/mol. The molecule has 3 nitrogen and oxygen atoms in total. The second-order valence-electron chi connectivity index (χ2n) is 5.36.